The van der Waals surface area contributed by atoms with Gasteiger partial charge in [-0.2, -0.15) is 13.2 Å². The monoisotopic (exact) mass is 357 g/mol. The van der Waals surface area contributed by atoms with Crippen LogP contribution in [0.15, 0.2) is 24.3 Å². The third kappa shape index (κ3) is 5.45. The number of carbonyl (C=O) groups excluding carboxylic acids is 2. The molecule has 0 spiro atoms. The SMILES string of the molecule is CC(=O)N1C[C@@H](N)CC[C@@H](C(=O)NCc2ccc(C(F)(F)F)cc2)C1. The van der Waals surface area contributed by atoms with E-state index in [1.165, 1.54) is 19.1 Å². The minimum Gasteiger partial charge on any atom is -0.352 e. The van der Waals surface area contributed by atoms with E-state index in [2.05, 4.69) is 5.32 Å². The number of nitrogens with zero attached hydrogens (tertiary/aromatic N) is 1. The largest absolute Gasteiger partial charge is 0.416 e. The number of likely N-dealkylation sites (tertiary alicyclic amines) is 1. The highest BCUT2D eigenvalue weighted by molar-refractivity contribution is 5.80. The maximum Gasteiger partial charge on any atom is 0.416 e. The summed E-state index contributed by atoms with van der Waals surface area (Å²) in [5.74, 6) is -0.718. The second kappa shape index (κ2) is 7.86. The molecule has 1 aromatic carbocycles. The fourth-order valence-electron chi connectivity index (χ4n) is 2.84. The molecule has 1 heterocycles. The first-order valence-corrected chi connectivity index (χ1v) is 8.11. The predicted octanol–water partition coefficient (Wildman–Crippen LogP) is 1.91. The van der Waals surface area contributed by atoms with Gasteiger partial charge in [0.25, 0.3) is 0 Å². The quantitative estimate of drug-likeness (QED) is 0.868. The van der Waals surface area contributed by atoms with Crippen LogP contribution >= 0.6 is 0 Å². The van der Waals surface area contributed by atoms with Gasteiger partial charge in [0.2, 0.25) is 11.8 Å². The highest BCUT2D eigenvalue weighted by Gasteiger charge is 2.30. The lowest BCUT2D eigenvalue weighted by molar-refractivity contribution is -0.137. The zero-order chi connectivity index (χ0) is 18.6. The number of alkyl halides is 3. The molecular weight excluding hydrogens is 335 g/mol. The van der Waals surface area contributed by atoms with Crippen LogP contribution in [0.4, 0.5) is 13.2 Å². The molecule has 5 nitrogen and oxygen atoms in total. The summed E-state index contributed by atoms with van der Waals surface area (Å²) < 4.78 is 37.6. The molecule has 1 fully saturated rings. The number of nitrogens with two attached hydrogens (primary N) is 1. The zero-order valence-corrected chi connectivity index (χ0v) is 14.0. The molecule has 1 aromatic rings. The van der Waals surface area contributed by atoms with Gasteiger partial charge >= 0.3 is 6.18 Å². The molecule has 0 unspecified atom stereocenters. The van der Waals surface area contributed by atoms with Crippen LogP contribution in [-0.2, 0) is 22.3 Å². The molecule has 0 bridgehead atoms. The average molecular weight is 357 g/mol. The molecule has 0 saturated carbocycles. The van der Waals surface area contributed by atoms with Gasteiger partial charge in [-0.05, 0) is 30.5 Å². The number of hydrogen-bond donors (Lipinski definition) is 2. The Morgan fingerprint density at radius 1 is 1.20 bits per heavy atom. The first kappa shape index (κ1) is 19.2. The van der Waals surface area contributed by atoms with E-state index in [1.807, 2.05) is 0 Å². The summed E-state index contributed by atoms with van der Waals surface area (Å²) >= 11 is 0. The fourth-order valence-corrected chi connectivity index (χ4v) is 2.84. The van der Waals surface area contributed by atoms with E-state index in [1.54, 1.807) is 4.90 Å². The van der Waals surface area contributed by atoms with Crippen LogP contribution in [0.2, 0.25) is 0 Å². The summed E-state index contributed by atoms with van der Waals surface area (Å²) in [4.78, 5) is 25.5. The first-order chi connectivity index (χ1) is 11.7. The second-order valence-corrected chi connectivity index (χ2v) is 6.37. The summed E-state index contributed by atoms with van der Waals surface area (Å²) in [5, 5.41) is 2.73. The van der Waals surface area contributed by atoms with Gasteiger partial charge in [0, 0.05) is 32.6 Å². The number of benzene rings is 1. The fraction of sp³-hybridized carbons (Fsp3) is 0.529. The highest BCUT2D eigenvalue weighted by atomic mass is 19.4. The van der Waals surface area contributed by atoms with E-state index in [9.17, 15) is 22.8 Å². The predicted molar refractivity (Wildman–Crippen MR) is 86.2 cm³/mol. The van der Waals surface area contributed by atoms with Gasteiger partial charge < -0.3 is 16.0 Å². The Bertz CT molecular complexity index is 617. The van der Waals surface area contributed by atoms with Gasteiger partial charge in [-0.15, -0.1) is 0 Å². The third-order valence-electron chi connectivity index (χ3n) is 4.35. The van der Waals surface area contributed by atoms with Crippen molar-refractivity contribution in [3.63, 3.8) is 0 Å². The Kier molecular flexibility index (Phi) is 6.05. The van der Waals surface area contributed by atoms with Crippen LogP contribution in [0, 0.1) is 5.92 Å². The second-order valence-electron chi connectivity index (χ2n) is 6.37. The Hall–Kier alpha value is -2.09. The van der Waals surface area contributed by atoms with Gasteiger partial charge in [-0.1, -0.05) is 12.1 Å². The molecule has 2 rings (SSSR count). The number of carbonyl (C=O) groups is 2. The molecule has 0 aliphatic carbocycles. The molecule has 2 amide bonds. The molecule has 0 aromatic heterocycles. The molecule has 1 aliphatic rings. The van der Waals surface area contributed by atoms with Crippen molar-refractivity contribution >= 4 is 11.8 Å². The lowest BCUT2D eigenvalue weighted by Gasteiger charge is -2.23. The maximum atomic E-state index is 12.5. The van der Waals surface area contributed by atoms with Gasteiger partial charge in [-0.3, -0.25) is 9.59 Å². The van der Waals surface area contributed by atoms with Crippen molar-refractivity contribution in [1.82, 2.24) is 10.2 Å². The lowest BCUT2D eigenvalue weighted by atomic mass is 10.0. The molecule has 138 valence electrons. The van der Waals surface area contributed by atoms with Crippen molar-refractivity contribution in [3.05, 3.63) is 35.4 Å². The molecular formula is C17H22F3N3O2. The van der Waals surface area contributed by atoms with Crippen LogP contribution in [0.5, 0.6) is 0 Å². The van der Waals surface area contributed by atoms with Crippen LogP contribution in [0.25, 0.3) is 0 Å². The van der Waals surface area contributed by atoms with Crippen molar-refractivity contribution in [1.29, 1.82) is 0 Å². The van der Waals surface area contributed by atoms with Crippen LogP contribution < -0.4 is 11.1 Å². The van der Waals surface area contributed by atoms with E-state index in [4.69, 9.17) is 5.73 Å². The van der Waals surface area contributed by atoms with E-state index < -0.39 is 11.7 Å². The Balaban J connectivity index is 1.93. The van der Waals surface area contributed by atoms with E-state index >= 15 is 0 Å². The number of halogens is 3. The highest BCUT2D eigenvalue weighted by Crippen LogP contribution is 2.29. The van der Waals surface area contributed by atoms with Crippen molar-refractivity contribution in [2.75, 3.05) is 13.1 Å². The summed E-state index contributed by atoms with van der Waals surface area (Å²) in [5.41, 5.74) is 5.78. The van der Waals surface area contributed by atoms with Gasteiger partial charge in [0.1, 0.15) is 0 Å². The van der Waals surface area contributed by atoms with Crippen LogP contribution in [-0.4, -0.2) is 35.8 Å². The molecule has 1 aliphatic heterocycles. The van der Waals surface area contributed by atoms with Gasteiger partial charge in [0.15, 0.2) is 0 Å². The summed E-state index contributed by atoms with van der Waals surface area (Å²) in [6.45, 7) is 2.31. The number of nitrogens with one attached hydrogen (secondary N) is 1. The number of rotatable bonds is 3. The number of hydrogen-bond acceptors (Lipinski definition) is 3. The summed E-state index contributed by atoms with van der Waals surface area (Å²) in [6.07, 6.45) is -3.16. The van der Waals surface area contributed by atoms with Gasteiger partial charge in [0.05, 0.1) is 11.5 Å². The zero-order valence-electron chi connectivity index (χ0n) is 14.0. The minimum atomic E-state index is -4.38. The van der Waals surface area contributed by atoms with Crippen LogP contribution in [0.1, 0.15) is 30.9 Å². The van der Waals surface area contributed by atoms with Crippen molar-refractivity contribution in [2.45, 2.75) is 38.5 Å². The molecule has 0 radical (unpaired) electrons. The first-order valence-electron chi connectivity index (χ1n) is 8.11. The van der Waals surface area contributed by atoms with Crippen molar-refractivity contribution in [3.8, 4) is 0 Å². The maximum absolute atomic E-state index is 12.5. The van der Waals surface area contributed by atoms with Gasteiger partial charge in [-0.25, -0.2) is 0 Å². The van der Waals surface area contributed by atoms with E-state index in [0.29, 0.717) is 31.5 Å². The van der Waals surface area contributed by atoms with Crippen LogP contribution in [0.3, 0.4) is 0 Å². The standard InChI is InChI=1S/C17H22F3N3O2/c1-11(24)23-9-13(4-7-15(21)10-23)16(25)22-8-12-2-5-14(6-3-12)17(18,19)20/h2-3,5-6,13,15H,4,7-10,21H2,1H3,(H,22,25)/t13-,15+/m1/s1. The smallest absolute Gasteiger partial charge is 0.352 e. The normalized spacial score (nSPS) is 21.6. The van der Waals surface area contributed by atoms with Crippen molar-refractivity contribution < 1.29 is 22.8 Å². The van der Waals surface area contributed by atoms with E-state index in [0.717, 1.165) is 12.1 Å². The summed E-state index contributed by atoms with van der Waals surface area (Å²) in [7, 11) is 0. The minimum absolute atomic E-state index is 0.127. The third-order valence-corrected chi connectivity index (χ3v) is 4.35. The number of amides is 2. The molecule has 3 N–H and O–H groups in total. The Morgan fingerprint density at radius 3 is 2.40 bits per heavy atom. The average Bonchev–Trinajstić information content (AvgIpc) is 2.74. The topological polar surface area (TPSA) is 75.4 Å². The molecule has 2 atom stereocenters. The van der Waals surface area contributed by atoms with E-state index in [-0.39, 0.29) is 30.3 Å². The lowest BCUT2D eigenvalue weighted by Crippen LogP contribution is -2.42. The Labute approximate surface area is 144 Å². The summed E-state index contributed by atoms with van der Waals surface area (Å²) in [6, 6.07) is 4.51. The van der Waals surface area contributed by atoms with Crippen molar-refractivity contribution in [2.24, 2.45) is 11.7 Å². The molecule has 8 heteroatoms. The molecule has 25 heavy (non-hydrogen) atoms. The Morgan fingerprint density at radius 2 is 1.84 bits per heavy atom. The molecule has 1 saturated heterocycles.